The molecule has 1 amide bonds. The topological polar surface area (TPSA) is 68.7 Å². The number of halogens is 1. The average molecular weight is 353 g/mol. The SMILES string of the molecule is CCOc1c(N)cccc1C(=O)N(C)Cc1ccc(Br)o1. The van der Waals surface area contributed by atoms with Gasteiger partial charge in [0.2, 0.25) is 0 Å². The number of nitrogens with zero attached hydrogens (tertiary/aromatic N) is 1. The number of carbonyl (C=O) groups excluding carboxylic acids is 1. The maximum absolute atomic E-state index is 12.5. The van der Waals surface area contributed by atoms with Crippen LogP contribution in [0.3, 0.4) is 0 Å². The Bertz CT molecular complexity index is 640. The first-order chi connectivity index (χ1) is 10.0. The molecule has 0 unspecified atom stereocenters. The van der Waals surface area contributed by atoms with Gasteiger partial charge >= 0.3 is 0 Å². The number of benzene rings is 1. The van der Waals surface area contributed by atoms with Gasteiger partial charge in [0.05, 0.1) is 24.4 Å². The Balaban J connectivity index is 2.21. The second-order valence-electron chi connectivity index (χ2n) is 4.52. The third-order valence-corrected chi connectivity index (χ3v) is 3.36. The van der Waals surface area contributed by atoms with Crippen molar-refractivity contribution in [3.8, 4) is 5.75 Å². The minimum Gasteiger partial charge on any atom is -0.491 e. The molecule has 1 aromatic carbocycles. The molecule has 0 radical (unpaired) electrons. The number of furan rings is 1. The minimum atomic E-state index is -0.168. The van der Waals surface area contributed by atoms with Crippen LogP contribution in [0.4, 0.5) is 5.69 Å². The van der Waals surface area contributed by atoms with Gasteiger partial charge in [-0.15, -0.1) is 0 Å². The summed E-state index contributed by atoms with van der Waals surface area (Å²) in [6.07, 6.45) is 0. The molecular weight excluding hydrogens is 336 g/mol. The summed E-state index contributed by atoms with van der Waals surface area (Å²) in [5, 5.41) is 0. The van der Waals surface area contributed by atoms with E-state index in [-0.39, 0.29) is 5.91 Å². The van der Waals surface area contributed by atoms with E-state index in [1.165, 1.54) is 0 Å². The number of hydrogen-bond acceptors (Lipinski definition) is 4. The molecule has 0 spiro atoms. The number of carbonyl (C=O) groups is 1. The third-order valence-electron chi connectivity index (χ3n) is 2.93. The largest absolute Gasteiger partial charge is 0.491 e. The Labute approximate surface area is 131 Å². The van der Waals surface area contributed by atoms with Gasteiger partial charge in [-0.3, -0.25) is 4.79 Å². The zero-order valence-corrected chi connectivity index (χ0v) is 13.5. The normalized spacial score (nSPS) is 10.4. The molecule has 1 aromatic heterocycles. The van der Waals surface area contributed by atoms with Crippen LogP contribution in [-0.4, -0.2) is 24.5 Å². The molecule has 0 aliphatic rings. The fourth-order valence-electron chi connectivity index (χ4n) is 1.98. The quantitative estimate of drug-likeness (QED) is 0.838. The van der Waals surface area contributed by atoms with Crippen LogP contribution in [0.15, 0.2) is 39.4 Å². The highest BCUT2D eigenvalue weighted by molar-refractivity contribution is 9.10. The number of ether oxygens (including phenoxy) is 1. The van der Waals surface area contributed by atoms with Crippen LogP contribution >= 0.6 is 15.9 Å². The van der Waals surface area contributed by atoms with Crippen molar-refractivity contribution in [2.24, 2.45) is 0 Å². The zero-order valence-electron chi connectivity index (χ0n) is 11.9. The number of amides is 1. The van der Waals surface area contributed by atoms with E-state index in [2.05, 4.69) is 15.9 Å². The lowest BCUT2D eigenvalue weighted by Gasteiger charge is -2.18. The van der Waals surface area contributed by atoms with E-state index in [1.54, 1.807) is 36.2 Å². The molecule has 0 bridgehead atoms. The maximum atomic E-state index is 12.5. The van der Waals surface area contributed by atoms with Gasteiger partial charge in [-0.1, -0.05) is 6.07 Å². The predicted molar refractivity (Wildman–Crippen MR) is 84.2 cm³/mol. The molecule has 112 valence electrons. The van der Waals surface area contributed by atoms with Crippen LogP contribution < -0.4 is 10.5 Å². The van der Waals surface area contributed by atoms with E-state index >= 15 is 0 Å². The molecule has 5 nitrogen and oxygen atoms in total. The van der Waals surface area contributed by atoms with Crippen molar-refractivity contribution < 1.29 is 13.9 Å². The van der Waals surface area contributed by atoms with Crippen molar-refractivity contribution in [1.29, 1.82) is 0 Å². The highest BCUT2D eigenvalue weighted by Crippen LogP contribution is 2.28. The van der Waals surface area contributed by atoms with Crippen LogP contribution in [-0.2, 0) is 6.54 Å². The first-order valence-corrected chi connectivity index (χ1v) is 7.33. The van der Waals surface area contributed by atoms with Crippen molar-refractivity contribution in [2.45, 2.75) is 13.5 Å². The van der Waals surface area contributed by atoms with Crippen LogP contribution in [0.1, 0.15) is 23.0 Å². The number of hydrogen-bond donors (Lipinski definition) is 1. The lowest BCUT2D eigenvalue weighted by atomic mass is 10.1. The van der Waals surface area contributed by atoms with Gasteiger partial charge in [0.15, 0.2) is 10.4 Å². The molecule has 0 aliphatic carbocycles. The molecule has 2 aromatic rings. The van der Waals surface area contributed by atoms with Crippen molar-refractivity contribution >= 4 is 27.5 Å². The summed E-state index contributed by atoms with van der Waals surface area (Å²) < 4.78 is 11.5. The minimum absolute atomic E-state index is 0.168. The van der Waals surface area contributed by atoms with Crippen LogP contribution in [0.2, 0.25) is 0 Å². The van der Waals surface area contributed by atoms with Gasteiger partial charge in [-0.2, -0.15) is 0 Å². The van der Waals surface area contributed by atoms with Crippen LogP contribution in [0.5, 0.6) is 5.75 Å². The Morgan fingerprint density at radius 1 is 1.38 bits per heavy atom. The fourth-order valence-corrected chi connectivity index (χ4v) is 2.32. The Morgan fingerprint density at radius 2 is 2.14 bits per heavy atom. The van der Waals surface area contributed by atoms with E-state index < -0.39 is 0 Å². The second kappa shape index (κ2) is 6.67. The molecule has 2 N–H and O–H groups in total. The van der Waals surface area contributed by atoms with Crippen molar-refractivity contribution in [1.82, 2.24) is 4.90 Å². The number of para-hydroxylation sites is 1. The first-order valence-electron chi connectivity index (χ1n) is 6.54. The lowest BCUT2D eigenvalue weighted by Crippen LogP contribution is -2.26. The number of nitrogen functional groups attached to an aromatic ring is 1. The Kier molecular flexibility index (Phi) is 4.90. The van der Waals surface area contributed by atoms with Gasteiger partial charge in [-0.05, 0) is 47.1 Å². The number of nitrogens with two attached hydrogens (primary N) is 1. The van der Waals surface area contributed by atoms with Gasteiger partial charge in [0.25, 0.3) is 5.91 Å². The molecule has 2 rings (SSSR count). The second-order valence-corrected chi connectivity index (χ2v) is 5.31. The Morgan fingerprint density at radius 3 is 2.76 bits per heavy atom. The van der Waals surface area contributed by atoms with E-state index in [4.69, 9.17) is 14.9 Å². The molecule has 0 fully saturated rings. The molecule has 0 aliphatic heterocycles. The van der Waals surface area contributed by atoms with E-state index in [9.17, 15) is 4.79 Å². The van der Waals surface area contributed by atoms with Crippen LogP contribution in [0.25, 0.3) is 0 Å². The van der Waals surface area contributed by atoms with Gasteiger partial charge in [-0.25, -0.2) is 0 Å². The Hall–Kier alpha value is -1.95. The number of rotatable bonds is 5. The predicted octanol–water partition coefficient (Wildman–Crippen LogP) is 3.30. The van der Waals surface area contributed by atoms with Gasteiger partial charge in [0.1, 0.15) is 5.76 Å². The summed E-state index contributed by atoms with van der Waals surface area (Å²) in [7, 11) is 1.71. The standard InChI is InChI=1S/C15H17BrN2O3/c1-3-20-14-11(5-4-6-12(14)17)15(19)18(2)9-10-7-8-13(16)21-10/h4-8H,3,9,17H2,1-2H3. The fraction of sp³-hybridized carbons (Fsp3) is 0.267. The van der Waals surface area contributed by atoms with E-state index in [1.807, 2.05) is 13.0 Å². The molecule has 6 heteroatoms. The lowest BCUT2D eigenvalue weighted by molar-refractivity contribution is 0.0771. The molecule has 0 saturated heterocycles. The summed E-state index contributed by atoms with van der Waals surface area (Å²) in [5.74, 6) is 0.954. The van der Waals surface area contributed by atoms with Gasteiger partial charge in [0, 0.05) is 7.05 Å². The molecular formula is C15H17BrN2O3. The number of anilines is 1. The van der Waals surface area contributed by atoms with Crippen molar-refractivity contribution in [2.75, 3.05) is 19.4 Å². The van der Waals surface area contributed by atoms with Crippen molar-refractivity contribution in [3.63, 3.8) is 0 Å². The molecule has 0 saturated carbocycles. The summed E-state index contributed by atoms with van der Waals surface area (Å²) in [6, 6.07) is 8.77. The summed E-state index contributed by atoms with van der Waals surface area (Å²) in [4.78, 5) is 14.1. The summed E-state index contributed by atoms with van der Waals surface area (Å²) >= 11 is 3.24. The maximum Gasteiger partial charge on any atom is 0.257 e. The first kappa shape index (κ1) is 15.4. The molecule has 0 atom stereocenters. The van der Waals surface area contributed by atoms with Crippen LogP contribution in [0, 0.1) is 0 Å². The summed E-state index contributed by atoms with van der Waals surface area (Å²) in [5.41, 5.74) is 6.79. The highest BCUT2D eigenvalue weighted by atomic mass is 79.9. The highest BCUT2D eigenvalue weighted by Gasteiger charge is 2.19. The zero-order chi connectivity index (χ0) is 15.4. The van der Waals surface area contributed by atoms with Gasteiger partial charge < -0.3 is 19.8 Å². The summed E-state index contributed by atoms with van der Waals surface area (Å²) in [6.45, 7) is 2.67. The average Bonchev–Trinajstić information content (AvgIpc) is 2.85. The van der Waals surface area contributed by atoms with E-state index in [0.29, 0.717) is 40.6 Å². The smallest absolute Gasteiger partial charge is 0.257 e. The molecule has 21 heavy (non-hydrogen) atoms. The molecule has 1 heterocycles. The van der Waals surface area contributed by atoms with Crippen molar-refractivity contribution in [3.05, 3.63) is 46.3 Å². The third kappa shape index (κ3) is 3.58. The van der Waals surface area contributed by atoms with E-state index in [0.717, 1.165) is 0 Å². The monoisotopic (exact) mass is 352 g/mol.